The minimum absolute atomic E-state index is 0.0952. The summed E-state index contributed by atoms with van der Waals surface area (Å²) in [6, 6.07) is 0. The predicted octanol–water partition coefficient (Wildman–Crippen LogP) is 0.307. The second-order valence-corrected chi connectivity index (χ2v) is 3.01. The van der Waals surface area contributed by atoms with Crippen LogP contribution in [0.15, 0.2) is 0 Å². The zero-order valence-corrected chi connectivity index (χ0v) is 7.92. The van der Waals surface area contributed by atoms with Crippen LogP contribution in [0, 0.1) is 5.92 Å². The second kappa shape index (κ2) is 5.45. The van der Waals surface area contributed by atoms with Crippen molar-refractivity contribution in [2.75, 3.05) is 6.54 Å². The molecule has 0 aliphatic heterocycles. The third-order valence-corrected chi connectivity index (χ3v) is 1.59. The first-order valence-corrected chi connectivity index (χ1v) is 4.03. The summed E-state index contributed by atoms with van der Waals surface area (Å²) < 4.78 is 6.90. The number of rotatable bonds is 5. The Hall–Kier alpha value is -1.19. The molecule has 1 atom stereocenters. The number of hydrogen-bond acceptors (Lipinski definition) is 3. The van der Waals surface area contributed by atoms with Gasteiger partial charge in [-0.2, -0.15) is 0 Å². The molecule has 0 rings (SSSR count). The van der Waals surface area contributed by atoms with Crippen LogP contribution in [0.2, 0.25) is 0 Å². The molecule has 74 valence electrons. The van der Waals surface area contributed by atoms with Gasteiger partial charge >= 0.3 is 0 Å². The minimum Gasteiger partial charge on any atom is -0.356 e. The van der Waals surface area contributed by atoms with Crippen molar-refractivity contribution in [3.05, 3.63) is 0 Å². The van der Waals surface area contributed by atoms with Crippen molar-refractivity contribution in [3.8, 4) is 0 Å². The van der Waals surface area contributed by atoms with Crippen LogP contribution in [0.4, 0.5) is 0 Å². The third kappa shape index (κ3) is 6.02. The molecule has 0 fully saturated rings. The maximum absolute atomic E-state index is 11.2. The lowest BCUT2D eigenvalue weighted by Crippen LogP contribution is -2.31. The lowest BCUT2D eigenvalue weighted by molar-refractivity contribution is -0.126. The highest BCUT2D eigenvalue weighted by Gasteiger charge is 2.16. The first-order chi connectivity index (χ1) is 6.47. The number of carbonyl (C=O) groups is 3. The SMILES string of the molecule is [2H]CC(=O)C(CNC(C)=O)CC(C)=O. The molecule has 0 radical (unpaired) electrons. The largest absolute Gasteiger partial charge is 0.356 e. The van der Waals surface area contributed by atoms with E-state index in [2.05, 4.69) is 5.32 Å². The molecule has 1 amide bonds. The first-order valence-electron chi connectivity index (χ1n) is 4.74. The van der Waals surface area contributed by atoms with E-state index in [4.69, 9.17) is 1.37 Å². The van der Waals surface area contributed by atoms with Gasteiger partial charge in [0, 0.05) is 27.2 Å². The summed E-state index contributed by atoms with van der Waals surface area (Å²) in [7, 11) is 0. The zero-order valence-electron chi connectivity index (χ0n) is 8.92. The van der Waals surface area contributed by atoms with Crippen molar-refractivity contribution in [2.45, 2.75) is 27.2 Å². The van der Waals surface area contributed by atoms with Crippen LogP contribution in [-0.2, 0) is 14.4 Å². The van der Waals surface area contributed by atoms with Gasteiger partial charge < -0.3 is 10.1 Å². The van der Waals surface area contributed by atoms with Gasteiger partial charge in [-0.15, -0.1) is 0 Å². The molecule has 4 heteroatoms. The molecule has 0 aromatic carbocycles. The van der Waals surface area contributed by atoms with E-state index in [1.807, 2.05) is 0 Å². The fourth-order valence-corrected chi connectivity index (χ4v) is 0.914. The van der Waals surface area contributed by atoms with Gasteiger partial charge in [0.25, 0.3) is 0 Å². The molecule has 0 aliphatic rings. The van der Waals surface area contributed by atoms with E-state index in [1.54, 1.807) is 0 Å². The van der Waals surface area contributed by atoms with Crippen LogP contribution in [0.5, 0.6) is 0 Å². The Morgan fingerprint density at radius 1 is 1.38 bits per heavy atom. The molecule has 0 saturated heterocycles. The molecule has 13 heavy (non-hydrogen) atoms. The smallest absolute Gasteiger partial charge is 0.216 e. The number of carbonyl (C=O) groups excluding carboxylic acids is 3. The molecule has 0 aromatic rings. The molecule has 0 saturated carbocycles. The molecule has 1 N–H and O–H groups in total. The summed E-state index contributed by atoms with van der Waals surface area (Å²) in [6.45, 7) is 2.53. The van der Waals surface area contributed by atoms with Gasteiger partial charge in [0.05, 0.1) is 0 Å². The van der Waals surface area contributed by atoms with Crippen LogP contribution >= 0.6 is 0 Å². The third-order valence-electron chi connectivity index (χ3n) is 1.59. The van der Waals surface area contributed by atoms with Gasteiger partial charge in [0.1, 0.15) is 11.6 Å². The highest BCUT2D eigenvalue weighted by Crippen LogP contribution is 2.03. The van der Waals surface area contributed by atoms with Crippen molar-refractivity contribution in [2.24, 2.45) is 5.92 Å². The molecule has 0 aliphatic carbocycles. The molecular weight excluding hydrogens is 170 g/mol. The van der Waals surface area contributed by atoms with E-state index < -0.39 is 5.92 Å². The van der Waals surface area contributed by atoms with Crippen molar-refractivity contribution < 1.29 is 15.8 Å². The number of nitrogens with one attached hydrogen (secondary N) is 1. The maximum atomic E-state index is 11.2. The molecule has 1 unspecified atom stereocenters. The van der Waals surface area contributed by atoms with Crippen LogP contribution in [0.25, 0.3) is 0 Å². The molecule has 0 spiro atoms. The van der Waals surface area contributed by atoms with Crippen molar-refractivity contribution in [1.29, 1.82) is 0 Å². The fraction of sp³-hybridized carbons (Fsp3) is 0.667. The van der Waals surface area contributed by atoms with Crippen LogP contribution in [0.3, 0.4) is 0 Å². The summed E-state index contributed by atoms with van der Waals surface area (Å²) >= 11 is 0. The Morgan fingerprint density at radius 3 is 2.38 bits per heavy atom. The summed E-state index contributed by atoms with van der Waals surface area (Å²) in [6.07, 6.45) is 0.0952. The molecule has 0 aromatic heterocycles. The summed E-state index contributed by atoms with van der Waals surface area (Å²) in [5, 5.41) is 2.47. The number of Topliss-reactive ketones (excluding diaryl/α,β-unsaturated/α-hetero) is 2. The Kier molecular flexibility index (Phi) is 4.15. The van der Waals surface area contributed by atoms with Crippen LogP contribution < -0.4 is 5.32 Å². The van der Waals surface area contributed by atoms with Gasteiger partial charge in [0.15, 0.2) is 0 Å². The van der Waals surface area contributed by atoms with E-state index in [0.29, 0.717) is 0 Å². The Morgan fingerprint density at radius 2 is 2.00 bits per heavy atom. The molecule has 4 nitrogen and oxygen atoms in total. The maximum Gasteiger partial charge on any atom is 0.216 e. The molecular formula is C9H15NO3. The molecule has 0 bridgehead atoms. The van der Waals surface area contributed by atoms with Gasteiger partial charge in [-0.25, -0.2) is 0 Å². The standard InChI is InChI=1S/C9H15NO3/c1-6(11)4-9(7(2)12)5-10-8(3)13/h9H,4-5H2,1-3H3,(H,10,13)/i2D. The second-order valence-electron chi connectivity index (χ2n) is 3.01. The van der Waals surface area contributed by atoms with E-state index in [9.17, 15) is 14.4 Å². The van der Waals surface area contributed by atoms with E-state index in [1.165, 1.54) is 13.8 Å². The zero-order chi connectivity index (χ0) is 11.1. The first kappa shape index (κ1) is 9.89. The van der Waals surface area contributed by atoms with Crippen molar-refractivity contribution in [3.63, 3.8) is 0 Å². The van der Waals surface area contributed by atoms with Crippen LogP contribution in [-0.4, -0.2) is 24.0 Å². The van der Waals surface area contributed by atoms with E-state index in [0.717, 1.165) is 0 Å². The average Bonchev–Trinajstić information content (AvgIpc) is 2.10. The van der Waals surface area contributed by atoms with E-state index >= 15 is 0 Å². The van der Waals surface area contributed by atoms with Crippen molar-refractivity contribution >= 4 is 17.5 Å². The number of hydrogen-bond donors (Lipinski definition) is 1. The summed E-state index contributed by atoms with van der Waals surface area (Å²) in [4.78, 5) is 32.6. The van der Waals surface area contributed by atoms with E-state index in [-0.39, 0.29) is 37.3 Å². The lowest BCUT2D eigenvalue weighted by atomic mass is 9.99. The van der Waals surface area contributed by atoms with Gasteiger partial charge in [0.2, 0.25) is 5.91 Å². The van der Waals surface area contributed by atoms with Gasteiger partial charge in [-0.05, 0) is 13.8 Å². The Labute approximate surface area is 79.1 Å². The predicted molar refractivity (Wildman–Crippen MR) is 48.2 cm³/mol. The number of ketones is 2. The highest BCUT2D eigenvalue weighted by molar-refractivity contribution is 5.86. The monoisotopic (exact) mass is 186 g/mol. The lowest BCUT2D eigenvalue weighted by Gasteiger charge is -2.11. The van der Waals surface area contributed by atoms with Gasteiger partial charge in [-0.3, -0.25) is 9.59 Å². The minimum atomic E-state index is -0.547. The fourth-order valence-electron chi connectivity index (χ4n) is 0.914. The topological polar surface area (TPSA) is 63.2 Å². The Balaban J connectivity index is 4.17. The van der Waals surface area contributed by atoms with Gasteiger partial charge in [-0.1, -0.05) is 0 Å². The molecule has 0 heterocycles. The summed E-state index contributed by atoms with van der Waals surface area (Å²) in [5.41, 5.74) is 0. The summed E-state index contributed by atoms with van der Waals surface area (Å²) in [5.74, 6) is -1.21. The average molecular weight is 186 g/mol. The van der Waals surface area contributed by atoms with Crippen LogP contribution in [0.1, 0.15) is 28.5 Å². The Bertz CT molecular complexity index is 240. The normalized spacial score (nSPS) is 12.9. The number of amides is 1. The van der Waals surface area contributed by atoms with Crippen molar-refractivity contribution in [1.82, 2.24) is 5.32 Å². The highest BCUT2D eigenvalue weighted by atomic mass is 16.1. The quantitative estimate of drug-likeness (QED) is 0.672.